The first-order chi connectivity index (χ1) is 21.6. The lowest BCUT2D eigenvalue weighted by Crippen LogP contribution is -2.72. The Kier molecular flexibility index (Phi) is 19.2. The molecule has 3 aliphatic rings. The quantitative estimate of drug-likeness (QED) is 0.0377. The molecule has 45 heavy (non-hydrogen) atoms. The molecule has 3 rings (SSSR count). The average Bonchev–Trinajstić information content (AvgIpc) is 3.34. The van der Waals surface area contributed by atoms with Crippen molar-refractivity contribution in [2.24, 2.45) is 0 Å². The second kappa shape index (κ2) is 21.3. The largest absolute Gasteiger partial charge is 0.486 e. The minimum Gasteiger partial charge on any atom is -0.370 e. The van der Waals surface area contributed by atoms with Crippen LogP contribution in [-0.2, 0) is 27.7 Å². The number of phosphoric ester groups is 1. The molecule has 9 nitrogen and oxygen atoms in total. The van der Waals surface area contributed by atoms with Gasteiger partial charge in [-0.15, -0.1) is 0 Å². The lowest BCUT2D eigenvalue weighted by atomic mass is 9.79. The van der Waals surface area contributed by atoms with Gasteiger partial charge in [-0.2, -0.15) is 0 Å². The molecule has 3 N–H and O–H groups in total. The number of aliphatic hydroxyl groups is 3. The van der Waals surface area contributed by atoms with Gasteiger partial charge < -0.3 is 15.3 Å². The Morgan fingerprint density at radius 2 is 0.778 bits per heavy atom. The van der Waals surface area contributed by atoms with Crippen LogP contribution >= 0.6 is 7.82 Å². The molecule has 0 amide bonds. The summed E-state index contributed by atoms with van der Waals surface area (Å²) >= 11 is 0. The third kappa shape index (κ3) is 12.4. The summed E-state index contributed by atoms with van der Waals surface area (Å²) in [5.41, 5.74) is -3.15. The molecule has 3 saturated heterocycles. The molecular formula is C35H65O9P. The summed E-state index contributed by atoms with van der Waals surface area (Å²) in [6, 6.07) is 0. The van der Waals surface area contributed by atoms with Crippen molar-refractivity contribution >= 4 is 19.4 Å². The summed E-state index contributed by atoms with van der Waals surface area (Å²) in [7, 11) is -4.35. The van der Waals surface area contributed by atoms with Gasteiger partial charge in [-0.25, -0.2) is 18.1 Å². The normalized spacial score (nSPS) is 24.2. The van der Waals surface area contributed by atoms with Gasteiger partial charge in [0.05, 0.1) is 0 Å². The van der Waals surface area contributed by atoms with E-state index in [4.69, 9.17) is 4.52 Å². The standard InChI is InChI=1S/C35H65O9P/c1-3-5-7-9-11-13-15-17-19-21-23-25-27-29-31(36)33(38,34(39)35(40)43-45(41,42-34)44-35)32(37)30-28-26-24-22-20-18-16-14-12-10-8-6-4-2/h38-40H,3-30H2,1-2H3. The van der Waals surface area contributed by atoms with E-state index < -0.39 is 36.8 Å². The maximum atomic E-state index is 13.3. The van der Waals surface area contributed by atoms with Crippen molar-refractivity contribution in [2.45, 2.75) is 211 Å². The van der Waals surface area contributed by atoms with Crippen molar-refractivity contribution in [1.82, 2.24) is 0 Å². The molecule has 10 heteroatoms. The fourth-order valence-corrected chi connectivity index (χ4v) is 8.00. The Morgan fingerprint density at radius 1 is 0.511 bits per heavy atom. The molecule has 0 spiro atoms. The summed E-state index contributed by atoms with van der Waals surface area (Å²) in [5.74, 6) is -8.33. The molecule has 0 aromatic rings. The van der Waals surface area contributed by atoms with Crippen molar-refractivity contribution in [2.75, 3.05) is 0 Å². The maximum Gasteiger partial charge on any atom is 0.486 e. The molecule has 3 fully saturated rings. The molecule has 2 bridgehead atoms. The van der Waals surface area contributed by atoms with Crippen LogP contribution in [0.3, 0.4) is 0 Å². The number of carbonyl (C=O) groups excluding carboxylic acids is 2. The first kappa shape index (κ1) is 40.5. The van der Waals surface area contributed by atoms with Gasteiger partial charge in [0.2, 0.25) is 5.60 Å². The maximum absolute atomic E-state index is 13.3. The molecular weight excluding hydrogens is 595 g/mol. The van der Waals surface area contributed by atoms with E-state index in [1.54, 1.807) is 0 Å². The third-order valence-electron chi connectivity index (χ3n) is 9.46. The SMILES string of the molecule is CCCCCCCCCCCCCCCC(=O)C(O)(C(=O)CCCCCCCCCCCCCCC)C1(O)OP2(=O)OC1(O)O2. The van der Waals surface area contributed by atoms with E-state index in [1.165, 1.54) is 103 Å². The summed E-state index contributed by atoms with van der Waals surface area (Å²) < 4.78 is 26.5. The van der Waals surface area contributed by atoms with E-state index in [1.807, 2.05) is 0 Å². The Morgan fingerprint density at radius 3 is 1.02 bits per heavy atom. The van der Waals surface area contributed by atoms with Crippen LogP contribution in [0.2, 0.25) is 0 Å². The van der Waals surface area contributed by atoms with Gasteiger partial charge in [0, 0.05) is 12.8 Å². The molecule has 3 heterocycles. The lowest BCUT2D eigenvalue weighted by molar-refractivity contribution is -0.416. The molecule has 0 aliphatic carbocycles. The van der Waals surface area contributed by atoms with Crippen LogP contribution in [0.1, 0.15) is 194 Å². The van der Waals surface area contributed by atoms with Crippen molar-refractivity contribution in [3.05, 3.63) is 0 Å². The van der Waals surface area contributed by atoms with Crippen molar-refractivity contribution in [3.8, 4) is 0 Å². The van der Waals surface area contributed by atoms with Crippen LogP contribution in [-0.4, -0.2) is 44.2 Å². The van der Waals surface area contributed by atoms with E-state index in [-0.39, 0.29) is 12.8 Å². The molecule has 1 atom stereocenters. The number of unbranched alkanes of at least 4 members (excludes halogenated alkanes) is 24. The highest BCUT2D eigenvalue weighted by Gasteiger charge is 2.88. The number of hydrogen-bond donors (Lipinski definition) is 3. The van der Waals surface area contributed by atoms with Gasteiger partial charge in [-0.05, 0) is 12.8 Å². The van der Waals surface area contributed by atoms with Crippen LogP contribution in [0.5, 0.6) is 0 Å². The van der Waals surface area contributed by atoms with Gasteiger partial charge in [0.1, 0.15) is 0 Å². The summed E-state index contributed by atoms with van der Waals surface area (Å²) in [4.78, 5) is 26.6. The number of carbonyl (C=O) groups is 2. The van der Waals surface area contributed by atoms with Crippen molar-refractivity contribution < 1.29 is 43.0 Å². The van der Waals surface area contributed by atoms with E-state index in [9.17, 15) is 29.5 Å². The highest BCUT2D eigenvalue weighted by molar-refractivity contribution is 7.50. The summed E-state index contributed by atoms with van der Waals surface area (Å²) in [6.45, 7) is 4.45. The zero-order valence-electron chi connectivity index (χ0n) is 28.5. The van der Waals surface area contributed by atoms with E-state index in [0.717, 1.165) is 51.4 Å². The van der Waals surface area contributed by atoms with E-state index in [0.29, 0.717) is 12.8 Å². The number of fused-ring (bicyclic) bond motifs is 1. The van der Waals surface area contributed by atoms with Crippen LogP contribution in [0.4, 0.5) is 0 Å². The van der Waals surface area contributed by atoms with E-state index >= 15 is 0 Å². The predicted molar refractivity (Wildman–Crippen MR) is 176 cm³/mol. The van der Waals surface area contributed by atoms with Gasteiger partial charge in [0.15, 0.2) is 11.6 Å². The Hall–Kier alpha value is -0.670. The second-order valence-corrected chi connectivity index (χ2v) is 14.9. The minimum atomic E-state index is -4.35. The number of ketones is 2. The molecule has 0 aromatic carbocycles. The third-order valence-corrected chi connectivity index (χ3v) is 10.9. The smallest absolute Gasteiger partial charge is 0.370 e. The summed E-state index contributed by atoms with van der Waals surface area (Å²) in [5, 5.41) is 33.0. The highest BCUT2D eigenvalue weighted by Crippen LogP contribution is 2.77. The van der Waals surface area contributed by atoms with Crippen molar-refractivity contribution in [1.29, 1.82) is 0 Å². The fourth-order valence-electron chi connectivity index (χ4n) is 6.49. The van der Waals surface area contributed by atoms with Crippen LogP contribution in [0.25, 0.3) is 0 Å². The van der Waals surface area contributed by atoms with Gasteiger partial charge in [-0.3, -0.25) is 9.59 Å². The molecule has 3 aliphatic heterocycles. The highest BCUT2D eigenvalue weighted by atomic mass is 31.2. The van der Waals surface area contributed by atoms with Gasteiger partial charge >= 0.3 is 19.6 Å². The molecule has 264 valence electrons. The van der Waals surface area contributed by atoms with Gasteiger partial charge in [0.25, 0.3) is 0 Å². The van der Waals surface area contributed by atoms with Crippen LogP contribution in [0.15, 0.2) is 0 Å². The lowest BCUT2D eigenvalue weighted by Gasteiger charge is -2.40. The number of Topliss-reactive ketones (excluding diaryl/α,β-unsaturated/α-hetero) is 2. The van der Waals surface area contributed by atoms with Crippen LogP contribution in [0, 0.1) is 0 Å². The molecule has 0 aromatic heterocycles. The molecule has 0 saturated carbocycles. The fraction of sp³-hybridized carbons (Fsp3) is 0.943. The minimum absolute atomic E-state index is 0.204. The summed E-state index contributed by atoms with van der Waals surface area (Å²) in [6.07, 6.45) is 28.6. The molecule has 1 unspecified atom stereocenters. The Labute approximate surface area is 273 Å². The number of phosphoric acid groups is 1. The zero-order chi connectivity index (χ0) is 33.1. The topological polar surface area (TPSA) is 140 Å². The second-order valence-electron chi connectivity index (χ2n) is 13.5. The molecule has 0 radical (unpaired) electrons. The average molecular weight is 661 g/mol. The zero-order valence-corrected chi connectivity index (χ0v) is 29.4. The predicted octanol–water partition coefficient (Wildman–Crippen LogP) is 9.34. The van der Waals surface area contributed by atoms with E-state index in [2.05, 4.69) is 22.9 Å². The van der Waals surface area contributed by atoms with Gasteiger partial charge in [-0.1, -0.05) is 168 Å². The van der Waals surface area contributed by atoms with Crippen LogP contribution < -0.4 is 0 Å². The Bertz CT molecular complexity index is 842. The monoisotopic (exact) mass is 660 g/mol. The first-order valence-corrected chi connectivity index (χ1v) is 20.0. The number of hydrogen-bond acceptors (Lipinski definition) is 9. The van der Waals surface area contributed by atoms with Crippen molar-refractivity contribution in [3.63, 3.8) is 0 Å². The Balaban J connectivity index is 1.71. The first-order valence-electron chi connectivity index (χ1n) is 18.5. The number of rotatable bonds is 31.